The molecule has 2 aromatic heterocycles. The van der Waals surface area contributed by atoms with Crippen LogP contribution in [0.5, 0.6) is 0 Å². The average Bonchev–Trinajstić information content (AvgIpc) is 2.85. The number of carbonyl (C=O) groups excluding carboxylic acids is 1. The monoisotopic (exact) mass is 261 g/mol. The summed E-state index contributed by atoms with van der Waals surface area (Å²) < 4.78 is 1.35. The molecule has 1 N–H and O–H groups in total. The second-order valence-electron chi connectivity index (χ2n) is 3.58. The molecule has 0 radical (unpaired) electrons. The Hall–Kier alpha value is -2.21. The van der Waals surface area contributed by atoms with E-state index in [1.54, 1.807) is 13.3 Å². The van der Waals surface area contributed by atoms with E-state index >= 15 is 0 Å². The molecule has 2 heterocycles. The van der Waals surface area contributed by atoms with E-state index in [1.807, 2.05) is 17.5 Å². The van der Waals surface area contributed by atoms with E-state index in [0.717, 1.165) is 4.88 Å². The van der Waals surface area contributed by atoms with Crippen LogP contribution in [0.2, 0.25) is 0 Å². The Morgan fingerprint density at radius 1 is 1.44 bits per heavy atom. The fourth-order valence-corrected chi connectivity index (χ4v) is 1.90. The fourth-order valence-electron chi connectivity index (χ4n) is 1.31. The van der Waals surface area contributed by atoms with Crippen LogP contribution in [0.3, 0.4) is 0 Å². The van der Waals surface area contributed by atoms with Crippen LogP contribution >= 0.6 is 11.3 Å². The van der Waals surface area contributed by atoms with E-state index in [0.29, 0.717) is 5.56 Å². The highest BCUT2D eigenvalue weighted by Crippen LogP contribution is 2.04. The molecule has 0 aromatic carbocycles. The highest BCUT2D eigenvalue weighted by atomic mass is 32.1. The maximum absolute atomic E-state index is 11.7. The molecule has 2 aromatic rings. The summed E-state index contributed by atoms with van der Waals surface area (Å²) in [7, 11) is 1.59. The van der Waals surface area contributed by atoms with E-state index < -0.39 is 0 Å². The third kappa shape index (κ3) is 2.92. The number of pyridine rings is 1. The summed E-state index contributed by atoms with van der Waals surface area (Å²) in [5.74, 6) is -0.349. The molecule has 1 amide bonds. The molecule has 6 heteroatoms. The minimum Gasteiger partial charge on any atom is -0.318 e. The normalized spacial score (nSPS) is 10.7. The standard InChI is InChI=1S/C12H11N3O2S/c1-15-8-9(4-5-11(15)16)12(17)14-13-7-10-3-2-6-18-10/h2-8H,1H3,(H,14,17). The summed E-state index contributed by atoms with van der Waals surface area (Å²) in [5, 5.41) is 5.77. The molecule has 0 aliphatic heterocycles. The summed E-state index contributed by atoms with van der Waals surface area (Å²) in [4.78, 5) is 23.8. The topological polar surface area (TPSA) is 63.5 Å². The molecule has 18 heavy (non-hydrogen) atoms. The van der Waals surface area contributed by atoms with Gasteiger partial charge >= 0.3 is 0 Å². The zero-order valence-electron chi connectivity index (χ0n) is 9.66. The largest absolute Gasteiger partial charge is 0.318 e. The van der Waals surface area contributed by atoms with Crippen LogP contribution < -0.4 is 11.0 Å². The third-order valence-electron chi connectivity index (χ3n) is 2.25. The maximum atomic E-state index is 11.7. The van der Waals surface area contributed by atoms with Gasteiger partial charge in [-0.2, -0.15) is 5.10 Å². The molecule has 0 spiro atoms. The number of carbonyl (C=O) groups is 1. The molecule has 0 saturated carbocycles. The van der Waals surface area contributed by atoms with Gasteiger partial charge in [-0.3, -0.25) is 9.59 Å². The van der Waals surface area contributed by atoms with Crippen molar-refractivity contribution in [2.45, 2.75) is 0 Å². The Kier molecular flexibility index (Phi) is 3.69. The molecular weight excluding hydrogens is 250 g/mol. The Morgan fingerprint density at radius 3 is 2.94 bits per heavy atom. The van der Waals surface area contributed by atoms with Crippen LogP contribution in [0.25, 0.3) is 0 Å². The molecule has 0 bridgehead atoms. The van der Waals surface area contributed by atoms with E-state index in [4.69, 9.17) is 0 Å². The van der Waals surface area contributed by atoms with Crippen molar-refractivity contribution in [1.82, 2.24) is 9.99 Å². The second kappa shape index (κ2) is 5.42. The maximum Gasteiger partial charge on any atom is 0.272 e. The fraction of sp³-hybridized carbons (Fsp3) is 0.0833. The Bertz CT molecular complexity index is 629. The quantitative estimate of drug-likeness (QED) is 0.666. The van der Waals surface area contributed by atoms with Crippen molar-refractivity contribution >= 4 is 23.5 Å². The van der Waals surface area contributed by atoms with Gasteiger partial charge in [0.2, 0.25) is 5.56 Å². The number of hydrogen-bond acceptors (Lipinski definition) is 4. The first-order valence-corrected chi connectivity index (χ1v) is 6.08. The summed E-state index contributed by atoms with van der Waals surface area (Å²) in [5.41, 5.74) is 2.64. The Morgan fingerprint density at radius 2 is 2.28 bits per heavy atom. The van der Waals surface area contributed by atoms with Gasteiger partial charge in [0.25, 0.3) is 5.91 Å². The van der Waals surface area contributed by atoms with Gasteiger partial charge in [0.15, 0.2) is 0 Å². The van der Waals surface area contributed by atoms with Crippen LogP contribution in [0, 0.1) is 0 Å². The number of rotatable bonds is 3. The molecule has 0 aliphatic rings. The number of amides is 1. The van der Waals surface area contributed by atoms with Crippen LogP contribution in [0.1, 0.15) is 15.2 Å². The average molecular weight is 261 g/mol. The minimum atomic E-state index is -0.349. The number of aryl methyl sites for hydroxylation is 1. The van der Waals surface area contributed by atoms with Gasteiger partial charge in [-0.15, -0.1) is 11.3 Å². The lowest BCUT2D eigenvalue weighted by atomic mass is 10.3. The molecule has 0 saturated heterocycles. The number of nitrogens with one attached hydrogen (secondary N) is 1. The van der Waals surface area contributed by atoms with Gasteiger partial charge in [-0.05, 0) is 17.5 Å². The van der Waals surface area contributed by atoms with Gasteiger partial charge in [0, 0.05) is 24.2 Å². The highest BCUT2D eigenvalue weighted by Gasteiger charge is 2.04. The summed E-state index contributed by atoms with van der Waals surface area (Å²) in [6, 6.07) is 6.61. The first-order valence-electron chi connectivity index (χ1n) is 5.20. The zero-order chi connectivity index (χ0) is 13.0. The van der Waals surface area contributed by atoms with Gasteiger partial charge < -0.3 is 4.57 Å². The van der Waals surface area contributed by atoms with E-state index in [-0.39, 0.29) is 11.5 Å². The zero-order valence-corrected chi connectivity index (χ0v) is 10.5. The lowest BCUT2D eigenvalue weighted by molar-refractivity contribution is 0.0954. The van der Waals surface area contributed by atoms with Gasteiger partial charge in [-0.25, -0.2) is 5.43 Å². The number of hydrazone groups is 1. The van der Waals surface area contributed by atoms with Crippen molar-refractivity contribution in [3.63, 3.8) is 0 Å². The Labute approximate surface area is 107 Å². The van der Waals surface area contributed by atoms with Gasteiger partial charge in [0.1, 0.15) is 0 Å². The van der Waals surface area contributed by atoms with Crippen molar-refractivity contribution in [2.75, 3.05) is 0 Å². The van der Waals surface area contributed by atoms with Crippen molar-refractivity contribution < 1.29 is 4.79 Å². The van der Waals surface area contributed by atoms with Crippen molar-refractivity contribution in [3.05, 3.63) is 56.6 Å². The van der Waals surface area contributed by atoms with Crippen LogP contribution in [0.15, 0.2) is 45.7 Å². The predicted octanol–water partition coefficient (Wildman–Crippen LogP) is 1.21. The lowest BCUT2D eigenvalue weighted by Gasteiger charge is -2.01. The molecule has 92 valence electrons. The number of hydrogen-bond donors (Lipinski definition) is 1. The summed E-state index contributed by atoms with van der Waals surface area (Å²) in [6.07, 6.45) is 3.04. The van der Waals surface area contributed by atoms with Crippen molar-refractivity contribution in [3.8, 4) is 0 Å². The van der Waals surface area contributed by atoms with Gasteiger partial charge in [0.05, 0.1) is 11.8 Å². The predicted molar refractivity (Wildman–Crippen MR) is 71.1 cm³/mol. The van der Waals surface area contributed by atoms with E-state index in [9.17, 15) is 9.59 Å². The molecule has 2 rings (SSSR count). The van der Waals surface area contributed by atoms with Crippen LogP contribution in [0.4, 0.5) is 0 Å². The second-order valence-corrected chi connectivity index (χ2v) is 4.56. The van der Waals surface area contributed by atoms with Crippen molar-refractivity contribution in [1.29, 1.82) is 0 Å². The Balaban J connectivity index is 2.04. The van der Waals surface area contributed by atoms with E-state index in [1.165, 1.54) is 34.2 Å². The molecule has 0 unspecified atom stereocenters. The van der Waals surface area contributed by atoms with Crippen LogP contribution in [-0.4, -0.2) is 16.7 Å². The summed E-state index contributed by atoms with van der Waals surface area (Å²) in [6.45, 7) is 0. The lowest BCUT2D eigenvalue weighted by Crippen LogP contribution is -2.22. The molecule has 0 aliphatic carbocycles. The van der Waals surface area contributed by atoms with Gasteiger partial charge in [-0.1, -0.05) is 6.07 Å². The SMILES string of the molecule is Cn1cc(C(=O)NN=Cc2cccs2)ccc1=O. The number of thiophene rings is 1. The molecular formula is C12H11N3O2S. The number of nitrogens with zero attached hydrogens (tertiary/aromatic N) is 2. The first kappa shape index (κ1) is 12.3. The third-order valence-corrected chi connectivity index (χ3v) is 3.06. The highest BCUT2D eigenvalue weighted by molar-refractivity contribution is 7.11. The van der Waals surface area contributed by atoms with Crippen LogP contribution in [-0.2, 0) is 7.05 Å². The van der Waals surface area contributed by atoms with E-state index in [2.05, 4.69) is 10.5 Å². The smallest absolute Gasteiger partial charge is 0.272 e. The van der Waals surface area contributed by atoms with Crippen molar-refractivity contribution in [2.24, 2.45) is 12.1 Å². The summed E-state index contributed by atoms with van der Waals surface area (Å²) >= 11 is 1.53. The molecule has 0 fully saturated rings. The first-order chi connectivity index (χ1) is 8.66. The number of aromatic nitrogens is 1. The molecule has 5 nitrogen and oxygen atoms in total. The minimum absolute atomic E-state index is 0.159. The molecule has 0 atom stereocenters.